The fourth-order valence-electron chi connectivity index (χ4n) is 5.12. The minimum Gasteiger partial charge on any atom is -0.356 e. The van der Waals surface area contributed by atoms with Crippen LogP contribution in [0.1, 0.15) is 42.5 Å². The monoisotopic (exact) mass is 487 g/mol. The fraction of sp³-hybridized carbons (Fsp3) is 0.370. The average molecular weight is 488 g/mol. The third kappa shape index (κ3) is 5.00. The van der Waals surface area contributed by atoms with Crippen LogP contribution in [0.25, 0.3) is 10.9 Å². The molecule has 3 aromatic rings. The van der Waals surface area contributed by atoms with Crippen molar-refractivity contribution < 1.29 is 14.4 Å². The van der Waals surface area contributed by atoms with Gasteiger partial charge >= 0.3 is 0 Å². The summed E-state index contributed by atoms with van der Waals surface area (Å²) >= 11 is 0. The molecule has 1 atom stereocenters. The topological polar surface area (TPSA) is 122 Å². The van der Waals surface area contributed by atoms with Crippen molar-refractivity contribution in [1.29, 1.82) is 0 Å². The number of benzene rings is 2. The summed E-state index contributed by atoms with van der Waals surface area (Å²) in [6.45, 7) is 0.898. The van der Waals surface area contributed by atoms with Crippen molar-refractivity contribution in [2.24, 2.45) is 11.8 Å². The van der Waals surface area contributed by atoms with Crippen LogP contribution in [0.2, 0.25) is 0 Å². The second kappa shape index (κ2) is 10.3. The van der Waals surface area contributed by atoms with E-state index >= 15 is 0 Å². The van der Waals surface area contributed by atoms with E-state index in [-0.39, 0.29) is 29.2 Å². The van der Waals surface area contributed by atoms with Crippen molar-refractivity contribution in [2.45, 2.75) is 44.7 Å². The Bertz CT molecular complexity index is 1360. The number of anilines is 1. The van der Waals surface area contributed by atoms with E-state index in [2.05, 4.69) is 20.9 Å². The second-order valence-electron chi connectivity index (χ2n) is 9.58. The molecule has 36 heavy (non-hydrogen) atoms. The lowest BCUT2D eigenvalue weighted by Crippen LogP contribution is -2.44. The number of hydrogen-bond donors (Lipinski definition) is 3. The molecule has 9 heteroatoms. The number of carbonyl (C=O) groups excluding carboxylic acids is 3. The van der Waals surface area contributed by atoms with Crippen LogP contribution in [0.3, 0.4) is 0 Å². The zero-order chi connectivity index (χ0) is 25.1. The first-order valence-electron chi connectivity index (χ1n) is 12.4. The van der Waals surface area contributed by atoms with Crippen LogP contribution in [0.4, 0.5) is 5.69 Å². The summed E-state index contributed by atoms with van der Waals surface area (Å²) < 4.78 is 1.68. The molecule has 2 heterocycles. The van der Waals surface area contributed by atoms with E-state index in [0.717, 1.165) is 25.7 Å². The van der Waals surface area contributed by atoms with Gasteiger partial charge in [0.2, 0.25) is 11.8 Å². The fourth-order valence-corrected chi connectivity index (χ4v) is 5.12. The summed E-state index contributed by atoms with van der Waals surface area (Å²) in [5, 5.41) is 9.08. The first-order chi connectivity index (χ1) is 17.5. The van der Waals surface area contributed by atoms with Crippen molar-refractivity contribution in [3.8, 4) is 0 Å². The summed E-state index contributed by atoms with van der Waals surface area (Å²) in [4.78, 5) is 54.8. The number of amides is 3. The van der Waals surface area contributed by atoms with Crippen molar-refractivity contribution in [3.05, 3.63) is 70.8 Å². The number of rotatable bonds is 6. The molecule has 1 aromatic heterocycles. The molecule has 1 fully saturated rings. The Morgan fingerprint density at radius 2 is 1.75 bits per heavy atom. The van der Waals surface area contributed by atoms with Gasteiger partial charge < -0.3 is 16.0 Å². The van der Waals surface area contributed by atoms with Crippen LogP contribution >= 0.6 is 0 Å². The maximum Gasteiger partial charge on any atom is 0.261 e. The molecule has 0 spiro atoms. The normalized spacial score (nSPS) is 21.7. The Hall–Kier alpha value is -4.01. The third-order valence-electron chi connectivity index (χ3n) is 7.19. The lowest BCUT2D eigenvalue weighted by Gasteiger charge is -2.28. The molecule has 0 radical (unpaired) electrons. The minimum atomic E-state index is -0.713. The summed E-state index contributed by atoms with van der Waals surface area (Å²) in [6, 6.07) is 13.5. The van der Waals surface area contributed by atoms with Gasteiger partial charge in [-0.25, -0.2) is 4.98 Å². The Morgan fingerprint density at radius 3 is 2.58 bits per heavy atom. The van der Waals surface area contributed by atoms with E-state index in [1.165, 1.54) is 0 Å². The van der Waals surface area contributed by atoms with Gasteiger partial charge in [0, 0.05) is 19.0 Å². The maximum absolute atomic E-state index is 12.8. The molecule has 1 unspecified atom stereocenters. The van der Waals surface area contributed by atoms with Gasteiger partial charge in [-0.1, -0.05) is 24.3 Å². The predicted molar refractivity (Wildman–Crippen MR) is 135 cm³/mol. The lowest BCUT2D eigenvalue weighted by molar-refractivity contribution is -0.126. The summed E-state index contributed by atoms with van der Waals surface area (Å²) in [5.41, 5.74) is 1.59. The minimum absolute atomic E-state index is 0.0263. The molecule has 2 aliphatic rings. The number of fused-ring (bicyclic) bond motifs is 2. The highest BCUT2D eigenvalue weighted by Gasteiger charge is 2.29. The van der Waals surface area contributed by atoms with Crippen molar-refractivity contribution in [2.75, 3.05) is 11.9 Å². The molecule has 0 saturated heterocycles. The molecule has 1 aliphatic heterocycles. The van der Waals surface area contributed by atoms with Gasteiger partial charge in [0.15, 0.2) is 0 Å². The van der Waals surface area contributed by atoms with Crippen LogP contribution in [0.15, 0.2) is 59.7 Å². The molecular formula is C27H29N5O4. The highest BCUT2D eigenvalue weighted by Crippen LogP contribution is 2.30. The molecule has 9 nitrogen and oxygen atoms in total. The molecule has 3 N–H and O–H groups in total. The first-order valence-corrected chi connectivity index (χ1v) is 12.4. The molecule has 3 amide bonds. The van der Waals surface area contributed by atoms with Crippen LogP contribution in [0.5, 0.6) is 0 Å². The Labute approximate surface area is 208 Å². The molecule has 2 aromatic carbocycles. The number of carbonyl (C=O) groups is 3. The zero-order valence-corrected chi connectivity index (χ0v) is 19.9. The van der Waals surface area contributed by atoms with E-state index in [1.54, 1.807) is 41.2 Å². The Kier molecular flexibility index (Phi) is 6.79. The van der Waals surface area contributed by atoms with Crippen molar-refractivity contribution >= 4 is 34.3 Å². The highest BCUT2D eigenvalue weighted by molar-refractivity contribution is 6.09. The van der Waals surface area contributed by atoms with E-state index in [9.17, 15) is 19.2 Å². The molecule has 1 saturated carbocycles. The highest BCUT2D eigenvalue weighted by atomic mass is 16.2. The zero-order valence-electron chi connectivity index (χ0n) is 19.9. The van der Waals surface area contributed by atoms with Crippen LogP contribution < -0.4 is 21.5 Å². The van der Waals surface area contributed by atoms with E-state index in [0.29, 0.717) is 47.6 Å². The Balaban J connectivity index is 1.09. The molecule has 186 valence electrons. The molecule has 1 aliphatic carbocycles. The lowest BCUT2D eigenvalue weighted by atomic mass is 9.81. The van der Waals surface area contributed by atoms with Gasteiger partial charge in [0.1, 0.15) is 6.04 Å². The Morgan fingerprint density at radius 1 is 1.00 bits per heavy atom. The summed E-state index contributed by atoms with van der Waals surface area (Å²) in [6.07, 6.45) is 5.15. The number of aromatic nitrogens is 2. The SMILES string of the molecule is O=C1NC(CCNC(=O)C2CCC(Cn3cnc4ccccc4c3=O)CC2)C(=O)Nc2ccccc21. The summed E-state index contributed by atoms with van der Waals surface area (Å²) in [5.74, 6) is -0.391. The number of para-hydroxylation sites is 2. The number of nitrogens with zero attached hydrogens (tertiary/aromatic N) is 2. The van der Waals surface area contributed by atoms with Gasteiger partial charge in [-0.3, -0.25) is 23.7 Å². The van der Waals surface area contributed by atoms with Gasteiger partial charge in [-0.05, 0) is 62.3 Å². The second-order valence-corrected chi connectivity index (χ2v) is 9.58. The third-order valence-corrected chi connectivity index (χ3v) is 7.19. The predicted octanol–water partition coefficient (Wildman–Crippen LogP) is 2.46. The summed E-state index contributed by atoms with van der Waals surface area (Å²) in [7, 11) is 0. The van der Waals surface area contributed by atoms with E-state index < -0.39 is 6.04 Å². The van der Waals surface area contributed by atoms with E-state index in [4.69, 9.17) is 0 Å². The van der Waals surface area contributed by atoms with Crippen LogP contribution in [0, 0.1) is 11.8 Å². The standard InChI is InChI=1S/C27H29N5O4/c33-24(28-14-13-23-26(35)30-22-8-4-1-5-19(22)25(34)31-23)18-11-9-17(10-12-18)15-32-16-29-21-7-3-2-6-20(21)27(32)36/h1-8,16-18,23H,9-15H2,(H,28,33)(H,30,35)(H,31,34). The quantitative estimate of drug-likeness (QED) is 0.493. The van der Waals surface area contributed by atoms with Crippen molar-refractivity contribution in [3.63, 3.8) is 0 Å². The van der Waals surface area contributed by atoms with Gasteiger partial charge in [0.05, 0.1) is 28.5 Å². The smallest absolute Gasteiger partial charge is 0.261 e. The number of nitrogens with one attached hydrogen (secondary N) is 3. The van der Waals surface area contributed by atoms with Gasteiger partial charge in [-0.2, -0.15) is 0 Å². The number of hydrogen-bond acceptors (Lipinski definition) is 5. The van der Waals surface area contributed by atoms with Crippen molar-refractivity contribution in [1.82, 2.24) is 20.2 Å². The molecule has 5 rings (SSSR count). The van der Waals surface area contributed by atoms with Crippen LogP contribution in [-0.2, 0) is 16.1 Å². The molecule has 0 bridgehead atoms. The first kappa shape index (κ1) is 23.7. The van der Waals surface area contributed by atoms with Gasteiger partial charge in [0.25, 0.3) is 11.5 Å². The van der Waals surface area contributed by atoms with Crippen LogP contribution in [-0.4, -0.2) is 39.9 Å². The molecular weight excluding hydrogens is 458 g/mol. The van der Waals surface area contributed by atoms with Gasteiger partial charge in [-0.15, -0.1) is 0 Å². The largest absolute Gasteiger partial charge is 0.356 e. The average Bonchev–Trinajstić information content (AvgIpc) is 3.02. The van der Waals surface area contributed by atoms with E-state index in [1.807, 2.05) is 18.2 Å². The maximum atomic E-state index is 12.8.